The molecule has 25 heavy (non-hydrogen) atoms. The third-order valence-corrected chi connectivity index (χ3v) is 5.73. The zero-order valence-electron chi connectivity index (χ0n) is 13.1. The Morgan fingerprint density at radius 2 is 1.80 bits per heavy atom. The molecule has 1 aliphatic heterocycles. The molecule has 4 nitrogen and oxygen atoms in total. The third-order valence-electron chi connectivity index (χ3n) is 4.06. The Bertz CT molecular complexity index is 843. The normalized spacial score (nSPS) is 18.6. The van der Waals surface area contributed by atoms with Gasteiger partial charge in [0.2, 0.25) is 9.84 Å². The summed E-state index contributed by atoms with van der Waals surface area (Å²) in [5.74, 6) is -3.46. The molecule has 0 amide bonds. The first-order chi connectivity index (χ1) is 11.9. The standard InChI is InChI=1S/C17H16ClF2NO3S/c18-13-7-5-12(6-8-13)15-11-21(9-10-24-15)14-3-1-2-4-16(14)25(22,23)17(19)20/h1-8,15,17H,9-11H2. The molecule has 8 heteroatoms. The number of hydrogen-bond donors (Lipinski definition) is 0. The number of benzene rings is 2. The van der Waals surface area contributed by atoms with Crippen molar-refractivity contribution >= 4 is 27.1 Å². The lowest BCUT2D eigenvalue weighted by Crippen LogP contribution is -2.39. The summed E-state index contributed by atoms with van der Waals surface area (Å²) in [6, 6.07) is 13.0. The van der Waals surface area contributed by atoms with Gasteiger partial charge in [0.1, 0.15) is 6.10 Å². The second kappa shape index (κ2) is 7.27. The zero-order valence-corrected chi connectivity index (χ0v) is 14.7. The maximum atomic E-state index is 13.0. The van der Waals surface area contributed by atoms with Crippen molar-refractivity contribution in [3.8, 4) is 0 Å². The zero-order chi connectivity index (χ0) is 18.0. The van der Waals surface area contributed by atoms with Crippen LogP contribution in [0.5, 0.6) is 0 Å². The molecule has 134 valence electrons. The number of morpholine rings is 1. The molecular weight excluding hydrogens is 372 g/mol. The molecule has 0 spiro atoms. The summed E-state index contributed by atoms with van der Waals surface area (Å²) in [6.07, 6.45) is -0.298. The molecule has 2 aromatic rings. The van der Waals surface area contributed by atoms with Crippen LogP contribution in [0.15, 0.2) is 53.4 Å². The molecule has 0 aromatic heterocycles. The summed E-state index contributed by atoms with van der Waals surface area (Å²) in [4.78, 5) is 1.40. The van der Waals surface area contributed by atoms with E-state index in [1.807, 2.05) is 12.1 Å². The fourth-order valence-electron chi connectivity index (χ4n) is 2.80. The van der Waals surface area contributed by atoms with E-state index in [0.717, 1.165) is 5.56 Å². The Kier molecular flexibility index (Phi) is 5.27. The third kappa shape index (κ3) is 3.78. The van der Waals surface area contributed by atoms with Gasteiger partial charge in [-0.05, 0) is 29.8 Å². The minimum absolute atomic E-state index is 0.269. The van der Waals surface area contributed by atoms with Gasteiger partial charge in [0, 0.05) is 18.1 Å². The van der Waals surface area contributed by atoms with Gasteiger partial charge in [-0.3, -0.25) is 0 Å². The van der Waals surface area contributed by atoms with Crippen LogP contribution in [0.2, 0.25) is 5.02 Å². The van der Waals surface area contributed by atoms with E-state index in [4.69, 9.17) is 16.3 Å². The van der Waals surface area contributed by atoms with E-state index in [2.05, 4.69) is 0 Å². The summed E-state index contributed by atoms with van der Waals surface area (Å²) in [5.41, 5.74) is 1.16. The van der Waals surface area contributed by atoms with Gasteiger partial charge >= 0.3 is 5.76 Å². The topological polar surface area (TPSA) is 46.6 Å². The summed E-state index contributed by atoms with van der Waals surface area (Å²) < 4.78 is 55.6. The molecule has 1 heterocycles. The summed E-state index contributed by atoms with van der Waals surface area (Å²) in [6.45, 7) is 1.13. The minimum atomic E-state index is -4.68. The van der Waals surface area contributed by atoms with Crippen molar-refractivity contribution in [3.05, 3.63) is 59.1 Å². The number of hydrogen-bond acceptors (Lipinski definition) is 4. The van der Waals surface area contributed by atoms with Crippen LogP contribution in [-0.4, -0.2) is 33.9 Å². The van der Waals surface area contributed by atoms with E-state index in [1.165, 1.54) is 12.1 Å². The highest BCUT2D eigenvalue weighted by atomic mass is 35.5. The number of nitrogens with zero attached hydrogens (tertiary/aromatic N) is 1. The van der Waals surface area contributed by atoms with Crippen molar-refractivity contribution < 1.29 is 21.9 Å². The van der Waals surface area contributed by atoms with Crippen LogP contribution in [0.3, 0.4) is 0 Å². The molecule has 1 aliphatic rings. The van der Waals surface area contributed by atoms with Crippen LogP contribution in [-0.2, 0) is 14.6 Å². The average molecular weight is 388 g/mol. The Morgan fingerprint density at radius 3 is 2.48 bits per heavy atom. The molecule has 1 saturated heterocycles. The van der Waals surface area contributed by atoms with Gasteiger partial charge in [-0.1, -0.05) is 35.9 Å². The molecule has 0 aliphatic carbocycles. The number of alkyl halides is 2. The summed E-state index contributed by atoms with van der Waals surface area (Å²) >= 11 is 5.89. The van der Waals surface area contributed by atoms with E-state index < -0.39 is 15.6 Å². The van der Waals surface area contributed by atoms with Crippen LogP contribution in [0, 0.1) is 0 Å². The SMILES string of the molecule is O=S(=O)(c1ccccc1N1CCOC(c2ccc(Cl)cc2)C1)C(F)F. The molecule has 1 atom stereocenters. The first kappa shape index (κ1) is 18.1. The van der Waals surface area contributed by atoms with Crippen molar-refractivity contribution in [1.29, 1.82) is 0 Å². The van der Waals surface area contributed by atoms with Crippen molar-refractivity contribution in [2.24, 2.45) is 0 Å². The average Bonchev–Trinajstić information content (AvgIpc) is 2.62. The summed E-state index contributed by atoms with van der Waals surface area (Å²) in [5, 5.41) is 0.602. The second-order valence-corrected chi connectivity index (χ2v) is 7.95. The Hall–Kier alpha value is -1.70. The van der Waals surface area contributed by atoms with Gasteiger partial charge in [0.25, 0.3) is 0 Å². The Labute approximate surface area is 149 Å². The first-order valence-electron chi connectivity index (χ1n) is 7.62. The predicted octanol–water partition coefficient (Wildman–Crippen LogP) is 3.91. The van der Waals surface area contributed by atoms with Gasteiger partial charge in [0.15, 0.2) is 0 Å². The van der Waals surface area contributed by atoms with Crippen LogP contribution >= 0.6 is 11.6 Å². The molecule has 0 radical (unpaired) electrons. The molecular formula is C17H16ClF2NO3S. The highest BCUT2D eigenvalue weighted by Gasteiger charge is 2.32. The number of ether oxygens (including phenoxy) is 1. The van der Waals surface area contributed by atoms with E-state index in [1.54, 1.807) is 29.2 Å². The highest BCUT2D eigenvalue weighted by molar-refractivity contribution is 7.91. The van der Waals surface area contributed by atoms with Gasteiger partial charge in [-0.15, -0.1) is 0 Å². The van der Waals surface area contributed by atoms with Crippen molar-refractivity contribution in [2.45, 2.75) is 16.8 Å². The van der Waals surface area contributed by atoms with E-state index in [0.29, 0.717) is 24.7 Å². The van der Waals surface area contributed by atoms with Crippen molar-refractivity contribution in [3.63, 3.8) is 0 Å². The van der Waals surface area contributed by atoms with Crippen LogP contribution < -0.4 is 4.90 Å². The van der Waals surface area contributed by atoms with Gasteiger partial charge in [-0.25, -0.2) is 8.42 Å². The number of sulfone groups is 1. The highest BCUT2D eigenvalue weighted by Crippen LogP contribution is 2.33. The number of anilines is 1. The molecule has 3 rings (SSSR count). The van der Waals surface area contributed by atoms with Gasteiger partial charge in [0.05, 0.1) is 17.2 Å². The molecule has 2 aromatic carbocycles. The maximum absolute atomic E-state index is 13.0. The van der Waals surface area contributed by atoms with E-state index in [9.17, 15) is 17.2 Å². The number of para-hydroxylation sites is 1. The number of halogens is 3. The lowest BCUT2D eigenvalue weighted by molar-refractivity contribution is 0.0396. The van der Waals surface area contributed by atoms with Crippen LogP contribution in [0.1, 0.15) is 11.7 Å². The van der Waals surface area contributed by atoms with Crippen LogP contribution in [0.25, 0.3) is 0 Å². The quantitative estimate of drug-likeness (QED) is 0.797. The summed E-state index contributed by atoms with van der Waals surface area (Å²) in [7, 11) is -4.68. The van der Waals surface area contributed by atoms with Crippen LogP contribution in [0.4, 0.5) is 14.5 Å². The Balaban J connectivity index is 1.91. The van der Waals surface area contributed by atoms with E-state index >= 15 is 0 Å². The molecule has 0 bridgehead atoms. The van der Waals surface area contributed by atoms with Crippen molar-refractivity contribution in [1.82, 2.24) is 0 Å². The van der Waals surface area contributed by atoms with Gasteiger partial charge in [-0.2, -0.15) is 8.78 Å². The monoisotopic (exact) mass is 387 g/mol. The smallest absolute Gasteiger partial charge is 0.341 e. The molecule has 1 fully saturated rings. The Morgan fingerprint density at radius 1 is 1.12 bits per heavy atom. The van der Waals surface area contributed by atoms with Crippen molar-refractivity contribution in [2.75, 3.05) is 24.6 Å². The molecule has 1 unspecified atom stereocenters. The largest absolute Gasteiger partial charge is 0.370 e. The van der Waals surface area contributed by atoms with Gasteiger partial charge < -0.3 is 9.64 Å². The fourth-order valence-corrected chi connectivity index (χ4v) is 3.88. The maximum Gasteiger partial charge on any atom is 0.341 e. The first-order valence-corrected chi connectivity index (χ1v) is 9.55. The molecule has 0 saturated carbocycles. The predicted molar refractivity (Wildman–Crippen MR) is 92.0 cm³/mol. The fraction of sp³-hybridized carbons (Fsp3) is 0.294. The lowest BCUT2D eigenvalue weighted by atomic mass is 10.1. The lowest BCUT2D eigenvalue weighted by Gasteiger charge is -2.35. The van der Waals surface area contributed by atoms with E-state index in [-0.39, 0.29) is 16.7 Å². The second-order valence-electron chi connectivity index (χ2n) is 5.63. The molecule has 0 N–H and O–H groups in total. The minimum Gasteiger partial charge on any atom is -0.370 e. The number of rotatable bonds is 4.